The highest BCUT2D eigenvalue weighted by atomic mass is 127. The summed E-state index contributed by atoms with van der Waals surface area (Å²) in [5, 5.41) is 3.54. The number of morpholine rings is 1. The monoisotopic (exact) mass is 516 g/mol. The maximum Gasteiger partial charge on any atom is 0.193 e. The van der Waals surface area contributed by atoms with Crippen LogP contribution in [0.4, 0.5) is 0 Å². The van der Waals surface area contributed by atoms with Gasteiger partial charge in [-0.15, -0.1) is 24.0 Å². The molecular formula is C22H37IN4O2. The molecule has 2 saturated heterocycles. The van der Waals surface area contributed by atoms with Gasteiger partial charge in [0, 0.05) is 45.7 Å². The maximum atomic E-state index is 5.94. The second-order valence-electron chi connectivity index (χ2n) is 7.74. The molecule has 0 amide bonds. The number of likely N-dealkylation sites (tertiary alicyclic amines) is 1. The molecule has 3 rings (SSSR count). The van der Waals surface area contributed by atoms with Gasteiger partial charge in [-0.1, -0.05) is 30.3 Å². The number of rotatable bonds is 9. The van der Waals surface area contributed by atoms with E-state index in [0.717, 1.165) is 58.5 Å². The molecule has 2 heterocycles. The molecule has 1 N–H and O–H groups in total. The van der Waals surface area contributed by atoms with Crippen molar-refractivity contribution in [2.75, 3.05) is 66.1 Å². The van der Waals surface area contributed by atoms with Gasteiger partial charge in [-0.2, -0.15) is 0 Å². The maximum absolute atomic E-state index is 5.94. The molecule has 164 valence electrons. The fourth-order valence-corrected chi connectivity index (χ4v) is 3.90. The molecule has 1 unspecified atom stereocenters. The van der Waals surface area contributed by atoms with Crippen molar-refractivity contribution in [3.63, 3.8) is 0 Å². The first kappa shape index (κ1) is 24.4. The van der Waals surface area contributed by atoms with Crippen LogP contribution in [0.25, 0.3) is 0 Å². The number of halogens is 1. The highest BCUT2D eigenvalue weighted by Gasteiger charge is 2.24. The quantitative estimate of drug-likeness (QED) is 0.237. The van der Waals surface area contributed by atoms with Gasteiger partial charge >= 0.3 is 0 Å². The lowest BCUT2D eigenvalue weighted by molar-refractivity contribution is 0.0372. The third-order valence-corrected chi connectivity index (χ3v) is 5.55. The summed E-state index contributed by atoms with van der Waals surface area (Å²) in [6.07, 6.45) is 3.57. The zero-order valence-corrected chi connectivity index (χ0v) is 20.1. The van der Waals surface area contributed by atoms with Crippen LogP contribution in [0.5, 0.6) is 0 Å². The molecule has 0 radical (unpaired) electrons. The molecule has 2 aliphatic rings. The Morgan fingerprint density at radius 3 is 2.72 bits per heavy atom. The van der Waals surface area contributed by atoms with Crippen molar-refractivity contribution >= 4 is 29.9 Å². The van der Waals surface area contributed by atoms with E-state index in [9.17, 15) is 0 Å². The number of unbranched alkanes of at least 4 members (excludes halogenated alkanes) is 1. The summed E-state index contributed by atoms with van der Waals surface area (Å²) in [5.41, 5.74) is 1.24. The third-order valence-electron chi connectivity index (χ3n) is 5.55. The molecule has 7 heteroatoms. The average molecular weight is 516 g/mol. The van der Waals surface area contributed by atoms with E-state index >= 15 is 0 Å². The van der Waals surface area contributed by atoms with Gasteiger partial charge in [-0.05, 0) is 31.4 Å². The van der Waals surface area contributed by atoms with E-state index in [1.54, 1.807) is 0 Å². The van der Waals surface area contributed by atoms with Gasteiger partial charge in [0.25, 0.3) is 0 Å². The Morgan fingerprint density at radius 2 is 1.97 bits per heavy atom. The summed E-state index contributed by atoms with van der Waals surface area (Å²) in [4.78, 5) is 9.36. The highest BCUT2D eigenvalue weighted by molar-refractivity contribution is 14.0. The Kier molecular flexibility index (Phi) is 11.9. The zero-order chi connectivity index (χ0) is 19.4. The van der Waals surface area contributed by atoms with E-state index in [4.69, 9.17) is 9.47 Å². The van der Waals surface area contributed by atoms with Crippen LogP contribution in [-0.2, 0) is 16.1 Å². The predicted molar refractivity (Wildman–Crippen MR) is 129 cm³/mol. The van der Waals surface area contributed by atoms with Crippen LogP contribution in [-0.4, -0.2) is 81.9 Å². The van der Waals surface area contributed by atoms with E-state index in [0.29, 0.717) is 12.5 Å². The van der Waals surface area contributed by atoms with Gasteiger partial charge in [0.15, 0.2) is 5.96 Å². The predicted octanol–water partition coefficient (Wildman–Crippen LogP) is 2.83. The van der Waals surface area contributed by atoms with Crippen LogP contribution < -0.4 is 5.32 Å². The third kappa shape index (κ3) is 8.78. The molecule has 1 atom stereocenters. The Morgan fingerprint density at radius 1 is 1.17 bits per heavy atom. The van der Waals surface area contributed by atoms with E-state index in [1.807, 2.05) is 13.1 Å². The lowest BCUT2D eigenvalue weighted by atomic mass is 10.1. The molecule has 0 saturated carbocycles. The van der Waals surface area contributed by atoms with Crippen molar-refractivity contribution in [1.29, 1.82) is 0 Å². The van der Waals surface area contributed by atoms with Gasteiger partial charge in [0.05, 0.1) is 26.4 Å². The molecule has 1 aromatic carbocycles. The summed E-state index contributed by atoms with van der Waals surface area (Å²) in [5.74, 6) is 1.63. The first-order valence-corrected chi connectivity index (χ1v) is 10.7. The smallest absolute Gasteiger partial charge is 0.193 e. The molecule has 1 aromatic rings. The number of hydrogen-bond acceptors (Lipinski definition) is 4. The summed E-state index contributed by atoms with van der Waals surface area (Å²) in [7, 11) is 1.88. The van der Waals surface area contributed by atoms with Crippen LogP contribution >= 0.6 is 24.0 Å². The second kappa shape index (κ2) is 14.2. The molecule has 0 bridgehead atoms. The van der Waals surface area contributed by atoms with Gasteiger partial charge in [0.1, 0.15) is 0 Å². The molecule has 6 nitrogen and oxygen atoms in total. The largest absolute Gasteiger partial charge is 0.379 e. The van der Waals surface area contributed by atoms with Crippen molar-refractivity contribution in [3.8, 4) is 0 Å². The molecule has 0 aliphatic carbocycles. The van der Waals surface area contributed by atoms with Crippen LogP contribution in [0.2, 0.25) is 0 Å². The van der Waals surface area contributed by atoms with E-state index < -0.39 is 0 Å². The number of guanidine groups is 1. The number of nitrogens with one attached hydrogen (secondary N) is 1. The molecule has 29 heavy (non-hydrogen) atoms. The summed E-state index contributed by atoms with van der Waals surface area (Å²) in [6.45, 7) is 9.71. The summed E-state index contributed by atoms with van der Waals surface area (Å²) < 4.78 is 11.3. The minimum absolute atomic E-state index is 0. The fourth-order valence-electron chi connectivity index (χ4n) is 3.90. The standard InChI is InChI=1S/C22H36N4O2.HI/c1-23-22(24-10-5-6-11-25-13-15-27-16-14-25)26-12-9-21(17-26)19-28-18-20-7-3-2-4-8-20;/h2-4,7-8,21H,5-6,9-19H2,1H3,(H,23,24);1H. The Bertz CT molecular complexity index is 581. The minimum Gasteiger partial charge on any atom is -0.379 e. The van der Waals surface area contributed by atoms with E-state index in [2.05, 4.69) is 44.4 Å². The Hall–Kier alpha value is -0.900. The van der Waals surface area contributed by atoms with Crippen molar-refractivity contribution in [2.24, 2.45) is 10.9 Å². The number of benzene rings is 1. The molecule has 0 spiro atoms. The number of hydrogen-bond donors (Lipinski definition) is 1. The van der Waals surface area contributed by atoms with Crippen molar-refractivity contribution in [1.82, 2.24) is 15.1 Å². The molecule has 2 fully saturated rings. The number of nitrogens with zero attached hydrogens (tertiary/aromatic N) is 3. The van der Waals surface area contributed by atoms with Gasteiger partial charge < -0.3 is 19.7 Å². The highest BCUT2D eigenvalue weighted by Crippen LogP contribution is 2.17. The first-order chi connectivity index (χ1) is 13.8. The minimum atomic E-state index is 0. The number of aliphatic imine (C=N–C) groups is 1. The normalized spacial score (nSPS) is 20.5. The van der Waals surface area contributed by atoms with Crippen LogP contribution in [0.15, 0.2) is 35.3 Å². The Labute approximate surface area is 193 Å². The van der Waals surface area contributed by atoms with E-state index in [-0.39, 0.29) is 24.0 Å². The number of ether oxygens (including phenoxy) is 2. The summed E-state index contributed by atoms with van der Waals surface area (Å²) in [6, 6.07) is 10.4. The topological polar surface area (TPSA) is 49.3 Å². The van der Waals surface area contributed by atoms with Gasteiger partial charge in [0.2, 0.25) is 0 Å². The van der Waals surface area contributed by atoms with Crippen molar-refractivity contribution in [2.45, 2.75) is 25.9 Å². The lowest BCUT2D eigenvalue weighted by Crippen LogP contribution is -2.41. The van der Waals surface area contributed by atoms with Crippen LogP contribution in [0.3, 0.4) is 0 Å². The van der Waals surface area contributed by atoms with Crippen molar-refractivity contribution < 1.29 is 9.47 Å². The van der Waals surface area contributed by atoms with Crippen LogP contribution in [0, 0.1) is 5.92 Å². The van der Waals surface area contributed by atoms with E-state index in [1.165, 1.54) is 31.4 Å². The van der Waals surface area contributed by atoms with Gasteiger partial charge in [-0.25, -0.2) is 0 Å². The Balaban J connectivity index is 0.00000300. The summed E-state index contributed by atoms with van der Waals surface area (Å²) >= 11 is 0. The lowest BCUT2D eigenvalue weighted by Gasteiger charge is -2.26. The fraction of sp³-hybridized carbons (Fsp3) is 0.682. The SMILES string of the molecule is CN=C(NCCCCN1CCOCC1)N1CCC(COCc2ccccc2)C1.I. The average Bonchev–Trinajstić information content (AvgIpc) is 3.21. The van der Waals surface area contributed by atoms with Crippen molar-refractivity contribution in [3.05, 3.63) is 35.9 Å². The zero-order valence-electron chi connectivity index (χ0n) is 17.7. The molecule has 2 aliphatic heterocycles. The second-order valence-corrected chi connectivity index (χ2v) is 7.74. The molecule has 0 aromatic heterocycles. The van der Waals surface area contributed by atoms with Gasteiger partial charge in [-0.3, -0.25) is 9.89 Å². The molecular weight excluding hydrogens is 479 g/mol. The first-order valence-electron chi connectivity index (χ1n) is 10.7. The van der Waals surface area contributed by atoms with Crippen LogP contribution in [0.1, 0.15) is 24.8 Å².